The van der Waals surface area contributed by atoms with E-state index in [9.17, 15) is 9.59 Å². The number of methoxy groups -OCH3 is 1. The number of nitrogens with zero attached hydrogens (tertiary/aromatic N) is 4. The van der Waals surface area contributed by atoms with Crippen molar-refractivity contribution in [3.63, 3.8) is 0 Å². The van der Waals surface area contributed by atoms with Crippen LogP contribution in [-0.4, -0.2) is 51.7 Å². The molecule has 0 radical (unpaired) electrons. The maximum absolute atomic E-state index is 12.9. The molecule has 0 aliphatic rings. The van der Waals surface area contributed by atoms with E-state index in [1.54, 1.807) is 42.1 Å². The molecule has 0 saturated carbocycles. The summed E-state index contributed by atoms with van der Waals surface area (Å²) in [5, 5.41) is 7.93. The van der Waals surface area contributed by atoms with Crippen molar-refractivity contribution in [1.82, 2.24) is 19.7 Å². The number of aryl methyl sites for hydroxylation is 2. The van der Waals surface area contributed by atoms with E-state index in [1.165, 1.54) is 11.1 Å². The minimum Gasteiger partial charge on any atom is -0.497 e. The molecule has 3 aromatic rings. The van der Waals surface area contributed by atoms with E-state index >= 15 is 0 Å². The molecule has 8 heteroatoms. The quantitative estimate of drug-likeness (QED) is 0.708. The van der Waals surface area contributed by atoms with Crippen LogP contribution in [0.5, 0.6) is 5.75 Å². The Balaban J connectivity index is 1.72. The smallest absolute Gasteiger partial charge is 0.255 e. The summed E-state index contributed by atoms with van der Waals surface area (Å²) in [6, 6.07) is 8.79. The molecule has 0 aliphatic heterocycles. The second kappa shape index (κ2) is 8.08. The molecule has 0 atom stereocenters. The molecular formula is C20H23N5O3. The standard InChI is InChI=1S/C20H23N5O3/c1-5-25(12-18(26)22-15-6-8-16(28-4)9-7-15)20(27)14-10-17-13(2)23-24(3)19(17)21-11-14/h6-11H,5,12H2,1-4H3,(H,22,26). The van der Waals surface area contributed by atoms with Gasteiger partial charge >= 0.3 is 0 Å². The maximum Gasteiger partial charge on any atom is 0.255 e. The van der Waals surface area contributed by atoms with Crippen molar-refractivity contribution in [2.75, 3.05) is 25.5 Å². The van der Waals surface area contributed by atoms with Gasteiger partial charge in [0.2, 0.25) is 5.91 Å². The minimum absolute atomic E-state index is 0.0502. The van der Waals surface area contributed by atoms with Crippen molar-refractivity contribution in [2.24, 2.45) is 7.05 Å². The number of amides is 2. The number of nitrogens with one attached hydrogen (secondary N) is 1. The molecule has 8 nitrogen and oxygen atoms in total. The number of benzene rings is 1. The summed E-state index contributed by atoms with van der Waals surface area (Å²) in [7, 11) is 3.39. The average molecular weight is 381 g/mol. The Labute approximate surface area is 163 Å². The Bertz CT molecular complexity index is 1010. The van der Waals surface area contributed by atoms with Gasteiger partial charge in [-0.2, -0.15) is 5.10 Å². The van der Waals surface area contributed by atoms with Crippen molar-refractivity contribution in [2.45, 2.75) is 13.8 Å². The number of ether oxygens (including phenoxy) is 1. The molecule has 28 heavy (non-hydrogen) atoms. The predicted octanol–water partition coefficient (Wildman–Crippen LogP) is 2.39. The number of carbonyl (C=O) groups is 2. The van der Waals surface area contributed by atoms with Gasteiger partial charge in [0.1, 0.15) is 12.3 Å². The first-order valence-electron chi connectivity index (χ1n) is 8.95. The van der Waals surface area contributed by atoms with Crippen LogP contribution < -0.4 is 10.1 Å². The molecule has 1 N–H and O–H groups in total. The summed E-state index contributed by atoms with van der Waals surface area (Å²) in [5.74, 6) is 0.189. The second-order valence-corrected chi connectivity index (χ2v) is 6.40. The lowest BCUT2D eigenvalue weighted by atomic mass is 10.2. The largest absolute Gasteiger partial charge is 0.497 e. The number of hydrogen-bond acceptors (Lipinski definition) is 5. The number of fused-ring (bicyclic) bond motifs is 1. The number of carbonyl (C=O) groups excluding carboxylic acids is 2. The Morgan fingerprint density at radius 2 is 1.96 bits per heavy atom. The third kappa shape index (κ3) is 3.95. The molecule has 3 rings (SSSR count). The van der Waals surface area contributed by atoms with Crippen molar-refractivity contribution in [3.8, 4) is 5.75 Å². The molecule has 0 aliphatic carbocycles. The molecule has 1 aromatic carbocycles. The normalized spacial score (nSPS) is 10.7. The number of rotatable bonds is 6. The van der Waals surface area contributed by atoms with Crippen LogP contribution in [0.25, 0.3) is 11.0 Å². The van der Waals surface area contributed by atoms with Crippen LogP contribution in [0.15, 0.2) is 36.5 Å². The van der Waals surface area contributed by atoms with Crippen molar-refractivity contribution >= 4 is 28.5 Å². The summed E-state index contributed by atoms with van der Waals surface area (Å²) in [4.78, 5) is 31.1. The van der Waals surface area contributed by atoms with Crippen LogP contribution >= 0.6 is 0 Å². The number of aromatic nitrogens is 3. The van der Waals surface area contributed by atoms with E-state index in [0.29, 0.717) is 29.2 Å². The minimum atomic E-state index is -0.271. The Hall–Kier alpha value is -3.42. The van der Waals surface area contributed by atoms with Gasteiger partial charge in [-0.15, -0.1) is 0 Å². The zero-order valence-corrected chi connectivity index (χ0v) is 16.4. The number of pyridine rings is 1. The molecule has 0 saturated heterocycles. The van der Waals surface area contributed by atoms with Crippen LogP contribution in [0.3, 0.4) is 0 Å². The second-order valence-electron chi connectivity index (χ2n) is 6.40. The van der Waals surface area contributed by atoms with E-state index in [-0.39, 0.29) is 18.4 Å². The van der Waals surface area contributed by atoms with E-state index in [0.717, 1.165) is 11.1 Å². The van der Waals surface area contributed by atoms with Gasteiger partial charge in [-0.1, -0.05) is 0 Å². The highest BCUT2D eigenvalue weighted by molar-refractivity contribution is 6.00. The molecule has 0 bridgehead atoms. The number of likely N-dealkylation sites (N-methyl/N-ethyl adjacent to an activating group) is 1. The van der Waals surface area contributed by atoms with E-state index in [4.69, 9.17) is 4.74 Å². The van der Waals surface area contributed by atoms with Crippen LogP contribution in [0.4, 0.5) is 5.69 Å². The monoisotopic (exact) mass is 381 g/mol. The van der Waals surface area contributed by atoms with Gasteiger partial charge in [-0.25, -0.2) is 4.98 Å². The van der Waals surface area contributed by atoms with Crippen LogP contribution in [-0.2, 0) is 11.8 Å². The zero-order chi connectivity index (χ0) is 20.3. The van der Waals surface area contributed by atoms with E-state index in [2.05, 4.69) is 15.4 Å². The first-order valence-corrected chi connectivity index (χ1v) is 8.95. The Morgan fingerprint density at radius 3 is 2.61 bits per heavy atom. The predicted molar refractivity (Wildman–Crippen MR) is 106 cm³/mol. The lowest BCUT2D eigenvalue weighted by molar-refractivity contribution is -0.116. The first kappa shape index (κ1) is 19.3. The third-order valence-electron chi connectivity index (χ3n) is 4.49. The van der Waals surface area contributed by atoms with Crippen LogP contribution in [0.2, 0.25) is 0 Å². The van der Waals surface area contributed by atoms with Crippen LogP contribution in [0.1, 0.15) is 23.0 Å². The molecule has 0 fully saturated rings. The van der Waals surface area contributed by atoms with E-state index < -0.39 is 0 Å². The highest BCUT2D eigenvalue weighted by Crippen LogP contribution is 2.18. The highest BCUT2D eigenvalue weighted by atomic mass is 16.5. The highest BCUT2D eigenvalue weighted by Gasteiger charge is 2.19. The van der Waals surface area contributed by atoms with Gasteiger partial charge in [0, 0.05) is 30.9 Å². The van der Waals surface area contributed by atoms with Gasteiger partial charge in [0.25, 0.3) is 5.91 Å². The number of hydrogen-bond donors (Lipinski definition) is 1. The third-order valence-corrected chi connectivity index (χ3v) is 4.49. The molecule has 146 valence electrons. The lowest BCUT2D eigenvalue weighted by Crippen LogP contribution is -2.37. The summed E-state index contributed by atoms with van der Waals surface area (Å²) in [6.07, 6.45) is 1.52. The number of anilines is 1. The van der Waals surface area contributed by atoms with Gasteiger partial charge < -0.3 is 15.0 Å². The average Bonchev–Trinajstić information content (AvgIpc) is 2.99. The molecule has 2 amide bonds. The van der Waals surface area contributed by atoms with Crippen molar-refractivity contribution in [3.05, 3.63) is 47.8 Å². The summed E-state index contributed by atoms with van der Waals surface area (Å²) in [5.41, 5.74) is 2.60. The molecule has 2 aromatic heterocycles. The summed E-state index contributed by atoms with van der Waals surface area (Å²) >= 11 is 0. The summed E-state index contributed by atoms with van der Waals surface area (Å²) in [6.45, 7) is 4.06. The maximum atomic E-state index is 12.9. The Morgan fingerprint density at radius 1 is 1.25 bits per heavy atom. The van der Waals surface area contributed by atoms with Crippen LogP contribution in [0, 0.1) is 6.92 Å². The lowest BCUT2D eigenvalue weighted by Gasteiger charge is -2.20. The van der Waals surface area contributed by atoms with Crippen molar-refractivity contribution in [1.29, 1.82) is 0 Å². The SMILES string of the molecule is CCN(CC(=O)Nc1ccc(OC)cc1)C(=O)c1cnc2c(c1)c(C)nn2C. The van der Waals surface area contributed by atoms with Gasteiger partial charge in [-0.3, -0.25) is 14.3 Å². The molecule has 0 unspecified atom stereocenters. The molecule has 0 spiro atoms. The van der Waals surface area contributed by atoms with Gasteiger partial charge in [-0.05, 0) is 44.2 Å². The van der Waals surface area contributed by atoms with E-state index in [1.807, 2.05) is 20.9 Å². The zero-order valence-electron chi connectivity index (χ0n) is 16.4. The fourth-order valence-electron chi connectivity index (χ4n) is 2.98. The fourth-order valence-corrected chi connectivity index (χ4v) is 2.98. The first-order chi connectivity index (χ1) is 13.4. The Kier molecular flexibility index (Phi) is 5.58. The topological polar surface area (TPSA) is 89.3 Å². The molecule has 2 heterocycles. The van der Waals surface area contributed by atoms with Gasteiger partial charge in [0.05, 0.1) is 18.4 Å². The van der Waals surface area contributed by atoms with Crippen molar-refractivity contribution < 1.29 is 14.3 Å². The fraction of sp³-hybridized carbons (Fsp3) is 0.300. The van der Waals surface area contributed by atoms with Gasteiger partial charge in [0.15, 0.2) is 5.65 Å². The molecular weight excluding hydrogens is 358 g/mol. The summed E-state index contributed by atoms with van der Waals surface area (Å²) < 4.78 is 6.78.